The molecule has 1 aromatic carbocycles. The van der Waals surface area contributed by atoms with Gasteiger partial charge in [-0.2, -0.15) is 0 Å². The number of ether oxygens (including phenoxy) is 2. The highest BCUT2D eigenvalue weighted by molar-refractivity contribution is 5.91. The van der Waals surface area contributed by atoms with Gasteiger partial charge in [0, 0.05) is 32.0 Å². The molecule has 1 unspecified atom stereocenters. The second-order valence-corrected chi connectivity index (χ2v) is 5.66. The third-order valence-electron chi connectivity index (χ3n) is 3.89. The number of phenolic OH excluding ortho intramolecular Hbond substituents is 1. The molecular formula is C17H20N4O4. The van der Waals surface area contributed by atoms with Crippen molar-refractivity contribution >= 4 is 5.91 Å². The van der Waals surface area contributed by atoms with Gasteiger partial charge in [-0.25, -0.2) is 4.98 Å². The number of carbonyl (C=O) groups is 1. The van der Waals surface area contributed by atoms with Gasteiger partial charge in [-0.1, -0.05) is 6.07 Å². The molecule has 3 rings (SSSR count). The van der Waals surface area contributed by atoms with E-state index in [1.807, 2.05) is 6.07 Å². The SMILES string of the molecule is COc1ccc(CN2CCOC(NC(=O)c3cnccn3)C2)cc1O. The van der Waals surface area contributed by atoms with Crippen LogP contribution in [0.1, 0.15) is 16.1 Å². The Balaban J connectivity index is 1.58. The minimum absolute atomic E-state index is 0.112. The fraction of sp³-hybridized carbons (Fsp3) is 0.353. The van der Waals surface area contributed by atoms with Crippen LogP contribution in [0.15, 0.2) is 36.8 Å². The molecule has 25 heavy (non-hydrogen) atoms. The molecule has 1 saturated heterocycles. The van der Waals surface area contributed by atoms with Gasteiger partial charge in [0.2, 0.25) is 0 Å². The summed E-state index contributed by atoms with van der Waals surface area (Å²) in [5.41, 5.74) is 1.21. The van der Waals surface area contributed by atoms with Crippen molar-refractivity contribution in [3.8, 4) is 11.5 Å². The maximum Gasteiger partial charge on any atom is 0.273 e. The van der Waals surface area contributed by atoms with Gasteiger partial charge in [0.1, 0.15) is 11.9 Å². The van der Waals surface area contributed by atoms with Gasteiger partial charge in [-0.05, 0) is 17.7 Å². The van der Waals surface area contributed by atoms with E-state index in [1.165, 1.54) is 25.7 Å². The van der Waals surface area contributed by atoms with Crippen LogP contribution in [-0.4, -0.2) is 58.9 Å². The summed E-state index contributed by atoms with van der Waals surface area (Å²) >= 11 is 0. The first-order valence-electron chi connectivity index (χ1n) is 7.92. The van der Waals surface area contributed by atoms with E-state index in [0.29, 0.717) is 25.4 Å². The molecular weight excluding hydrogens is 324 g/mol. The molecule has 8 nitrogen and oxygen atoms in total. The van der Waals surface area contributed by atoms with Crippen LogP contribution in [0, 0.1) is 0 Å². The van der Waals surface area contributed by atoms with E-state index in [9.17, 15) is 9.90 Å². The number of carbonyl (C=O) groups excluding carboxylic acids is 1. The van der Waals surface area contributed by atoms with Crippen molar-refractivity contribution in [3.05, 3.63) is 48.0 Å². The second kappa shape index (κ2) is 7.91. The molecule has 1 fully saturated rings. The first-order chi connectivity index (χ1) is 12.2. The summed E-state index contributed by atoms with van der Waals surface area (Å²) in [5, 5.41) is 12.7. The number of amides is 1. The molecule has 0 spiro atoms. The van der Waals surface area contributed by atoms with E-state index in [-0.39, 0.29) is 17.4 Å². The molecule has 2 heterocycles. The van der Waals surface area contributed by atoms with Crippen molar-refractivity contribution in [2.45, 2.75) is 12.8 Å². The Morgan fingerprint density at radius 1 is 1.48 bits per heavy atom. The number of nitrogens with zero attached hydrogens (tertiary/aromatic N) is 3. The van der Waals surface area contributed by atoms with Crippen LogP contribution in [0.4, 0.5) is 0 Å². The number of hydrogen-bond acceptors (Lipinski definition) is 7. The van der Waals surface area contributed by atoms with Gasteiger partial charge in [0.15, 0.2) is 11.5 Å². The van der Waals surface area contributed by atoms with Crippen molar-refractivity contribution < 1.29 is 19.4 Å². The normalized spacial score (nSPS) is 17.9. The van der Waals surface area contributed by atoms with Crippen LogP contribution in [0.2, 0.25) is 0 Å². The van der Waals surface area contributed by atoms with Crippen molar-refractivity contribution in [2.24, 2.45) is 0 Å². The van der Waals surface area contributed by atoms with E-state index in [0.717, 1.165) is 12.1 Å². The molecule has 2 aromatic rings. The maximum absolute atomic E-state index is 12.1. The molecule has 1 aromatic heterocycles. The lowest BCUT2D eigenvalue weighted by Crippen LogP contribution is -2.50. The monoisotopic (exact) mass is 344 g/mol. The third kappa shape index (κ3) is 4.43. The van der Waals surface area contributed by atoms with E-state index >= 15 is 0 Å². The zero-order valence-electron chi connectivity index (χ0n) is 13.9. The lowest BCUT2D eigenvalue weighted by atomic mass is 10.2. The fourth-order valence-corrected chi connectivity index (χ4v) is 2.66. The van der Waals surface area contributed by atoms with Crippen LogP contribution >= 0.6 is 0 Å². The minimum atomic E-state index is -0.421. The first kappa shape index (κ1) is 17.1. The Hall–Kier alpha value is -2.71. The number of morpholine rings is 1. The van der Waals surface area contributed by atoms with E-state index < -0.39 is 6.23 Å². The van der Waals surface area contributed by atoms with E-state index in [2.05, 4.69) is 20.2 Å². The summed E-state index contributed by atoms with van der Waals surface area (Å²) in [6.07, 6.45) is 3.98. The fourth-order valence-electron chi connectivity index (χ4n) is 2.66. The lowest BCUT2D eigenvalue weighted by Gasteiger charge is -2.33. The molecule has 0 bridgehead atoms. The van der Waals surface area contributed by atoms with Crippen molar-refractivity contribution in [1.29, 1.82) is 0 Å². The summed E-state index contributed by atoms with van der Waals surface area (Å²) in [6, 6.07) is 5.32. The Morgan fingerprint density at radius 2 is 2.36 bits per heavy atom. The third-order valence-corrected chi connectivity index (χ3v) is 3.89. The molecule has 1 aliphatic rings. The molecule has 1 atom stereocenters. The predicted molar refractivity (Wildman–Crippen MR) is 89.2 cm³/mol. The van der Waals surface area contributed by atoms with Crippen molar-refractivity contribution in [2.75, 3.05) is 26.8 Å². The molecule has 1 amide bonds. The van der Waals surface area contributed by atoms with Crippen LogP contribution < -0.4 is 10.1 Å². The zero-order valence-corrected chi connectivity index (χ0v) is 13.9. The minimum Gasteiger partial charge on any atom is -0.504 e. The van der Waals surface area contributed by atoms with E-state index in [4.69, 9.17) is 9.47 Å². The quantitative estimate of drug-likeness (QED) is 0.827. The van der Waals surface area contributed by atoms with Crippen LogP contribution in [0.3, 0.4) is 0 Å². The summed E-state index contributed by atoms with van der Waals surface area (Å²) in [7, 11) is 1.51. The van der Waals surface area contributed by atoms with Crippen LogP contribution in [-0.2, 0) is 11.3 Å². The number of rotatable bonds is 5. The number of aromatic hydroxyl groups is 1. The highest BCUT2D eigenvalue weighted by atomic mass is 16.5. The number of aromatic nitrogens is 2. The van der Waals surface area contributed by atoms with Gasteiger partial charge < -0.3 is 19.9 Å². The number of phenols is 1. The number of hydrogen-bond donors (Lipinski definition) is 2. The maximum atomic E-state index is 12.1. The average molecular weight is 344 g/mol. The highest BCUT2D eigenvalue weighted by Crippen LogP contribution is 2.26. The van der Waals surface area contributed by atoms with Crippen molar-refractivity contribution in [1.82, 2.24) is 20.2 Å². The predicted octanol–water partition coefficient (Wildman–Crippen LogP) is 0.779. The standard InChI is InChI=1S/C17H20N4O4/c1-24-15-3-2-12(8-14(15)22)10-21-6-7-25-16(11-21)20-17(23)13-9-18-4-5-19-13/h2-5,8-9,16,22H,6-7,10-11H2,1H3,(H,20,23). The Morgan fingerprint density at radius 3 is 3.08 bits per heavy atom. The molecule has 8 heteroatoms. The molecule has 1 aliphatic heterocycles. The molecule has 0 aliphatic carbocycles. The molecule has 0 radical (unpaired) electrons. The Bertz CT molecular complexity index is 726. The summed E-state index contributed by atoms with van der Waals surface area (Å²) in [6.45, 7) is 2.43. The lowest BCUT2D eigenvalue weighted by molar-refractivity contribution is -0.0438. The average Bonchev–Trinajstić information content (AvgIpc) is 2.63. The van der Waals surface area contributed by atoms with Crippen LogP contribution in [0.5, 0.6) is 11.5 Å². The zero-order chi connectivity index (χ0) is 17.6. The summed E-state index contributed by atoms with van der Waals surface area (Å²) < 4.78 is 10.7. The number of methoxy groups -OCH3 is 1. The molecule has 0 saturated carbocycles. The first-order valence-corrected chi connectivity index (χ1v) is 7.92. The highest BCUT2D eigenvalue weighted by Gasteiger charge is 2.23. The Labute approximate surface area is 145 Å². The topological polar surface area (TPSA) is 96.8 Å². The van der Waals surface area contributed by atoms with Gasteiger partial charge in [0.25, 0.3) is 5.91 Å². The van der Waals surface area contributed by atoms with E-state index in [1.54, 1.807) is 12.1 Å². The van der Waals surface area contributed by atoms with Gasteiger partial charge >= 0.3 is 0 Å². The van der Waals surface area contributed by atoms with Crippen LogP contribution in [0.25, 0.3) is 0 Å². The van der Waals surface area contributed by atoms with Gasteiger partial charge in [-0.15, -0.1) is 0 Å². The second-order valence-electron chi connectivity index (χ2n) is 5.66. The molecule has 2 N–H and O–H groups in total. The summed E-state index contributed by atoms with van der Waals surface area (Å²) in [5.74, 6) is 0.239. The summed E-state index contributed by atoms with van der Waals surface area (Å²) in [4.78, 5) is 22.1. The van der Waals surface area contributed by atoms with Gasteiger partial charge in [-0.3, -0.25) is 14.7 Å². The van der Waals surface area contributed by atoms with Crippen molar-refractivity contribution in [3.63, 3.8) is 0 Å². The Kier molecular flexibility index (Phi) is 5.42. The van der Waals surface area contributed by atoms with Gasteiger partial charge in [0.05, 0.1) is 19.9 Å². The number of nitrogens with one attached hydrogen (secondary N) is 1. The smallest absolute Gasteiger partial charge is 0.273 e. The largest absolute Gasteiger partial charge is 0.504 e. The number of benzene rings is 1. The molecule has 132 valence electrons.